The molecule has 1 aromatic carbocycles. The van der Waals surface area contributed by atoms with Crippen molar-refractivity contribution in [3.63, 3.8) is 0 Å². The molecule has 4 nitrogen and oxygen atoms in total. The lowest BCUT2D eigenvalue weighted by Crippen LogP contribution is -2.30. The predicted molar refractivity (Wildman–Crippen MR) is 72.5 cm³/mol. The Balaban J connectivity index is 2.78. The summed E-state index contributed by atoms with van der Waals surface area (Å²) < 4.78 is 58.4. The van der Waals surface area contributed by atoms with Crippen molar-refractivity contribution in [2.24, 2.45) is 0 Å². The van der Waals surface area contributed by atoms with Crippen LogP contribution in [0, 0.1) is 17.3 Å². The number of hydrogen-bond acceptors (Lipinski definition) is 3. The lowest BCUT2D eigenvalue weighted by molar-refractivity contribution is -0.142. The van der Waals surface area contributed by atoms with E-state index in [0.29, 0.717) is 5.56 Å². The maximum Gasteiger partial charge on any atom is 0.424 e. The highest BCUT2D eigenvalue weighted by Crippen LogP contribution is 2.38. The normalized spacial score (nSPS) is 11.1. The molecule has 0 aliphatic heterocycles. The smallest absolute Gasteiger partial charge is 0.424 e. The summed E-state index contributed by atoms with van der Waals surface area (Å²) in [6.07, 6.45) is -5.12. The van der Waals surface area contributed by atoms with Crippen LogP contribution in [-0.4, -0.2) is 11.7 Å². The Hall–Kier alpha value is -2.82. The van der Waals surface area contributed by atoms with Gasteiger partial charge in [-0.1, -0.05) is 30.3 Å². The fourth-order valence-corrected chi connectivity index (χ4v) is 2.13. The van der Waals surface area contributed by atoms with Crippen LogP contribution in [0.2, 0.25) is 0 Å². The zero-order valence-corrected chi connectivity index (χ0v) is 11.8. The second-order valence-corrected chi connectivity index (χ2v) is 4.56. The molecular weight excluding hydrogens is 316 g/mol. The van der Waals surface area contributed by atoms with Crippen molar-refractivity contribution >= 4 is 0 Å². The van der Waals surface area contributed by atoms with Crippen LogP contribution in [-0.2, 0) is 12.7 Å². The summed E-state index contributed by atoms with van der Waals surface area (Å²) >= 11 is 0. The summed E-state index contributed by atoms with van der Waals surface area (Å²) in [5, 5.41) is 8.97. The monoisotopic (exact) mass is 326 g/mol. The van der Waals surface area contributed by atoms with Gasteiger partial charge in [-0.25, -0.2) is 0 Å². The summed E-state index contributed by atoms with van der Waals surface area (Å²) in [6.45, 7) is -0.437. The Morgan fingerprint density at radius 2 is 1.87 bits per heavy atom. The Morgan fingerprint density at radius 1 is 1.26 bits per heavy atom. The molecule has 0 fully saturated rings. The third-order valence-corrected chi connectivity index (χ3v) is 3.14. The van der Waals surface area contributed by atoms with Crippen LogP contribution in [0.1, 0.15) is 16.7 Å². The van der Waals surface area contributed by atoms with Gasteiger partial charge in [0.05, 0.1) is 13.7 Å². The number of pyridine rings is 1. The maximum absolute atomic E-state index is 14.3. The fraction of sp³-hybridized carbons (Fsp3) is 0.200. The first-order valence-electron chi connectivity index (χ1n) is 6.32. The van der Waals surface area contributed by atoms with E-state index in [2.05, 4.69) is 4.74 Å². The van der Waals surface area contributed by atoms with Gasteiger partial charge in [0.2, 0.25) is 5.95 Å². The minimum atomic E-state index is -5.12. The van der Waals surface area contributed by atoms with Crippen molar-refractivity contribution in [3.8, 4) is 11.8 Å². The molecule has 0 aliphatic rings. The lowest BCUT2D eigenvalue weighted by Gasteiger charge is -2.17. The minimum absolute atomic E-state index is 0.277. The van der Waals surface area contributed by atoms with E-state index in [-0.39, 0.29) is 4.57 Å². The van der Waals surface area contributed by atoms with Crippen LogP contribution >= 0.6 is 0 Å². The Morgan fingerprint density at radius 3 is 2.35 bits per heavy atom. The van der Waals surface area contributed by atoms with Crippen LogP contribution in [0.5, 0.6) is 5.75 Å². The van der Waals surface area contributed by atoms with Crippen LogP contribution < -0.4 is 10.3 Å². The van der Waals surface area contributed by atoms with Gasteiger partial charge in [-0.05, 0) is 5.56 Å². The number of rotatable bonds is 3. The maximum atomic E-state index is 14.3. The Kier molecular flexibility index (Phi) is 4.40. The second kappa shape index (κ2) is 6.12. The highest BCUT2D eigenvalue weighted by molar-refractivity contribution is 5.48. The van der Waals surface area contributed by atoms with E-state index in [1.165, 1.54) is 18.2 Å². The molecule has 2 aromatic rings. The van der Waals surface area contributed by atoms with Crippen LogP contribution in [0.4, 0.5) is 17.6 Å². The van der Waals surface area contributed by atoms with Gasteiger partial charge in [-0.2, -0.15) is 22.8 Å². The quantitative estimate of drug-likeness (QED) is 0.644. The number of alkyl halides is 3. The highest BCUT2D eigenvalue weighted by atomic mass is 19.4. The summed E-state index contributed by atoms with van der Waals surface area (Å²) in [5.74, 6) is -2.89. The molecule has 0 radical (unpaired) electrons. The number of nitriles is 1. The molecule has 0 bridgehead atoms. The van der Waals surface area contributed by atoms with Gasteiger partial charge in [0.15, 0.2) is 16.9 Å². The molecule has 8 heteroatoms. The standard InChI is InChI=1S/C15H10F4N2O2/c1-23-12-10(7-20)14(22)21(8-9-5-3-2-4-6-9)13(16)11(12)15(17,18)19/h2-6H,8H2,1H3. The largest absolute Gasteiger partial charge is 0.494 e. The number of benzene rings is 1. The molecule has 120 valence electrons. The number of aromatic nitrogens is 1. The van der Waals surface area contributed by atoms with Crippen LogP contribution in [0.15, 0.2) is 35.1 Å². The number of nitrogens with zero attached hydrogens (tertiary/aromatic N) is 2. The number of methoxy groups -OCH3 is 1. The number of halogens is 4. The molecule has 0 N–H and O–H groups in total. The molecule has 0 spiro atoms. The van der Waals surface area contributed by atoms with E-state index in [4.69, 9.17) is 5.26 Å². The molecule has 23 heavy (non-hydrogen) atoms. The Labute approximate surface area is 128 Å². The van der Waals surface area contributed by atoms with Crippen LogP contribution in [0.25, 0.3) is 0 Å². The SMILES string of the molecule is COc1c(C(F)(F)F)c(F)n(Cc2ccccc2)c(=O)c1C#N. The van der Waals surface area contributed by atoms with Gasteiger partial charge in [0.1, 0.15) is 6.07 Å². The number of hydrogen-bond donors (Lipinski definition) is 0. The van der Waals surface area contributed by atoms with Crippen molar-refractivity contribution in [3.05, 3.63) is 63.3 Å². The first-order valence-corrected chi connectivity index (χ1v) is 6.32. The minimum Gasteiger partial charge on any atom is -0.494 e. The average molecular weight is 326 g/mol. The van der Waals surface area contributed by atoms with E-state index in [0.717, 1.165) is 7.11 Å². The third kappa shape index (κ3) is 3.04. The molecule has 0 atom stereocenters. The van der Waals surface area contributed by atoms with Crippen molar-refractivity contribution in [1.82, 2.24) is 4.57 Å². The van der Waals surface area contributed by atoms with E-state index in [9.17, 15) is 22.4 Å². The molecule has 1 heterocycles. The molecule has 0 aliphatic carbocycles. The zero-order valence-electron chi connectivity index (χ0n) is 11.8. The lowest BCUT2D eigenvalue weighted by atomic mass is 10.1. The van der Waals surface area contributed by atoms with Gasteiger partial charge in [0, 0.05) is 0 Å². The third-order valence-electron chi connectivity index (χ3n) is 3.14. The first kappa shape index (κ1) is 16.5. The first-order chi connectivity index (χ1) is 10.8. The summed E-state index contributed by atoms with van der Waals surface area (Å²) in [4.78, 5) is 12.1. The van der Waals surface area contributed by atoms with Crippen LogP contribution in [0.3, 0.4) is 0 Å². The Bertz CT molecular complexity index is 821. The molecule has 0 saturated heterocycles. The fourth-order valence-electron chi connectivity index (χ4n) is 2.13. The second-order valence-electron chi connectivity index (χ2n) is 4.56. The van der Waals surface area contributed by atoms with E-state index in [1.54, 1.807) is 18.2 Å². The molecule has 0 saturated carbocycles. The molecule has 2 rings (SSSR count). The van der Waals surface area contributed by atoms with Crippen molar-refractivity contribution < 1.29 is 22.3 Å². The van der Waals surface area contributed by atoms with Crippen molar-refractivity contribution in [1.29, 1.82) is 5.26 Å². The highest BCUT2D eigenvalue weighted by Gasteiger charge is 2.42. The van der Waals surface area contributed by atoms with Gasteiger partial charge < -0.3 is 4.74 Å². The van der Waals surface area contributed by atoms with E-state index in [1.807, 2.05) is 0 Å². The summed E-state index contributed by atoms with van der Waals surface area (Å²) in [6, 6.07) is 9.26. The van der Waals surface area contributed by atoms with E-state index >= 15 is 0 Å². The predicted octanol–water partition coefficient (Wildman–Crippen LogP) is 2.93. The topological polar surface area (TPSA) is 55.0 Å². The zero-order chi connectivity index (χ0) is 17.2. The van der Waals surface area contributed by atoms with Gasteiger partial charge in [0.25, 0.3) is 5.56 Å². The molecule has 1 aromatic heterocycles. The van der Waals surface area contributed by atoms with Gasteiger partial charge >= 0.3 is 6.18 Å². The van der Waals surface area contributed by atoms with Crippen molar-refractivity contribution in [2.75, 3.05) is 7.11 Å². The summed E-state index contributed by atoms with van der Waals surface area (Å²) in [7, 11) is 0.839. The molecular formula is C15H10F4N2O2. The number of ether oxygens (including phenoxy) is 1. The van der Waals surface area contributed by atoms with E-state index < -0.39 is 41.1 Å². The van der Waals surface area contributed by atoms with Crippen molar-refractivity contribution in [2.45, 2.75) is 12.7 Å². The molecule has 0 unspecified atom stereocenters. The van der Waals surface area contributed by atoms with Gasteiger partial charge in [-0.15, -0.1) is 0 Å². The van der Waals surface area contributed by atoms with Gasteiger partial charge in [-0.3, -0.25) is 9.36 Å². The molecule has 0 amide bonds. The summed E-state index contributed by atoms with van der Waals surface area (Å²) in [5.41, 5.74) is -3.43. The average Bonchev–Trinajstić information content (AvgIpc) is 2.50.